The largest absolute Gasteiger partial charge is 0.543 e. The van der Waals surface area contributed by atoms with Gasteiger partial charge in [-0.15, -0.1) is 0 Å². The van der Waals surface area contributed by atoms with Crippen LogP contribution >= 0.6 is 0 Å². The van der Waals surface area contributed by atoms with Gasteiger partial charge in [-0.2, -0.15) is 0 Å². The standard InChI is InChI=1S/C14H28BNO2/c1-4-5-6-13(14(17)18-15)11-7-12(8-11)16-9-10(2)3/h10-13,16H,4-9,15H2,1-3H3. The first-order valence-corrected chi connectivity index (χ1v) is 7.39. The van der Waals surface area contributed by atoms with E-state index >= 15 is 0 Å². The zero-order chi connectivity index (χ0) is 13.5. The van der Waals surface area contributed by atoms with E-state index < -0.39 is 0 Å². The van der Waals surface area contributed by atoms with Crippen molar-refractivity contribution in [2.45, 2.75) is 58.9 Å². The van der Waals surface area contributed by atoms with Gasteiger partial charge in [0.25, 0.3) is 5.97 Å². The molecule has 0 bridgehead atoms. The van der Waals surface area contributed by atoms with Gasteiger partial charge in [-0.05, 0) is 37.6 Å². The van der Waals surface area contributed by atoms with Crippen molar-refractivity contribution in [1.29, 1.82) is 0 Å². The maximum atomic E-state index is 11.8. The van der Waals surface area contributed by atoms with Crippen LogP contribution in [-0.4, -0.2) is 26.6 Å². The molecule has 18 heavy (non-hydrogen) atoms. The molecule has 0 aromatic carbocycles. The molecule has 1 atom stereocenters. The Labute approximate surface area is 112 Å². The van der Waals surface area contributed by atoms with Crippen LogP contribution < -0.4 is 5.32 Å². The molecule has 1 aliphatic rings. The Morgan fingerprint density at radius 3 is 2.61 bits per heavy atom. The molecule has 0 aromatic heterocycles. The number of hydrogen-bond acceptors (Lipinski definition) is 3. The summed E-state index contributed by atoms with van der Waals surface area (Å²) in [5.41, 5.74) is 0. The number of carbonyl (C=O) groups is 1. The monoisotopic (exact) mass is 253 g/mol. The van der Waals surface area contributed by atoms with Crippen LogP contribution in [0.5, 0.6) is 0 Å². The van der Waals surface area contributed by atoms with Gasteiger partial charge in [0.05, 0.1) is 5.92 Å². The van der Waals surface area contributed by atoms with E-state index in [0.29, 0.717) is 17.9 Å². The third-order valence-electron chi connectivity index (χ3n) is 3.93. The molecule has 0 heterocycles. The van der Waals surface area contributed by atoms with Crippen molar-refractivity contribution in [3.8, 4) is 0 Å². The number of rotatable bonds is 8. The van der Waals surface area contributed by atoms with Crippen molar-refractivity contribution < 1.29 is 9.45 Å². The van der Waals surface area contributed by atoms with Crippen molar-refractivity contribution in [2.75, 3.05) is 6.54 Å². The zero-order valence-corrected chi connectivity index (χ0v) is 12.4. The van der Waals surface area contributed by atoms with E-state index in [-0.39, 0.29) is 11.9 Å². The quantitative estimate of drug-likeness (QED) is 0.671. The van der Waals surface area contributed by atoms with Gasteiger partial charge in [0, 0.05) is 6.04 Å². The molecule has 104 valence electrons. The summed E-state index contributed by atoms with van der Waals surface area (Å²) in [5, 5.41) is 3.56. The highest BCUT2D eigenvalue weighted by Gasteiger charge is 2.38. The minimum atomic E-state index is -0.00393. The third kappa shape index (κ3) is 4.64. The van der Waals surface area contributed by atoms with Gasteiger partial charge in [-0.1, -0.05) is 33.6 Å². The average molecular weight is 253 g/mol. The van der Waals surface area contributed by atoms with Crippen molar-refractivity contribution in [1.82, 2.24) is 5.32 Å². The minimum Gasteiger partial charge on any atom is -0.543 e. The highest BCUT2D eigenvalue weighted by molar-refractivity contribution is 6.05. The molecule has 3 nitrogen and oxygen atoms in total. The molecule has 4 heteroatoms. The summed E-state index contributed by atoms with van der Waals surface area (Å²) in [7, 11) is 1.51. The summed E-state index contributed by atoms with van der Waals surface area (Å²) in [5.74, 6) is 1.36. The Balaban J connectivity index is 2.31. The van der Waals surface area contributed by atoms with E-state index in [2.05, 4.69) is 26.1 Å². The molecule has 1 N–H and O–H groups in total. The molecule has 0 aliphatic heterocycles. The molecule has 1 rings (SSSR count). The molecule has 1 unspecified atom stereocenters. The van der Waals surface area contributed by atoms with Gasteiger partial charge in [0.1, 0.15) is 0 Å². The molecule has 0 aromatic rings. The molecular weight excluding hydrogens is 225 g/mol. The van der Waals surface area contributed by atoms with Gasteiger partial charge in [0.2, 0.25) is 0 Å². The van der Waals surface area contributed by atoms with Crippen LogP contribution in [0.1, 0.15) is 52.9 Å². The number of carbonyl (C=O) groups excluding carboxylic acids is 1. The molecular formula is C14H28BNO2. The Bertz CT molecular complexity index is 252. The Morgan fingerprint density at radius 1 is 1.44 bits per heavy atom. The van der Waals surface area contributed by atoms with E-state index in [0.717, 1.165) is 38.6 Å². The Hall–Kier alpha value is -0.505. The summed E-state index contributed by atoms with van der Waals surface area (Å²) >= 11 is 0. The zero-order valence-electron chi connectivity index (χ0n) is 12.4. The second kappa shape index (κ2) is 7.83. The topological polar surface area (TPSA) is 38.3 Å². The Kier molecular flexibility index (Phi) is 6.76. The lowest BCUT2D eigenvalue weighted by molar-refractivity contribution is -0.142. The molecule has 1 fully saturated rings. The number of unbranched alkanes of at least 4 members (excludes halogenated alkanes) is 1. The van der Waals surface area contributed by atoms with Crippen LogP contribution in [0.25, 0.3) is 0 Å². The summed E-state index contributed by atoms with van der Waals surface area (Å²) in [6.07, 6.45) is 5.53. The lowest BCUT2D eigenvalue weighted by Gasteiger charge is -2.40. The van der Waals surface area contributed by atoms with Gasteiger partial charge in [0.15, 0.2) is 0 Å². The van der Waals surface area contributed by atoms with Crippen LogP contribution in [0.3, 0.4) is 0 Å². The highest BCUT2D eigenvalue weighted by atomic mass is 16.5. The first-order valence-electron chi connectivity index (χ1n) is 7.39. The van der Waals surface area contributed by atoms with Crippen LogP contribution in [0.15, 0.2) is 0 Å². The predicted octanol–water partition coefficient (Wildman–Crippen LogP) is 1.91. The van der Waals surface area contributed by atoms with Crippen molar-refractivity contribution in [3.63, 3.8) is 0 Å². The van der Waals surface area contributed by atoms with Crippen molar-refractivity contribution in [3.05, 3.63) is 0 Å². The van der Waals surface area contributed by atoms with E-state index in [9.17, 15) is 4.79 Å². The molecule has 0 spiro atoms. The van der Waals surface area contributed by atoms with Gasteiger partial charge < -0.3 is 9.97 Å². The molecule has 0 saturated heterocycles. The van der Waals surface area contributed by atoms with Crippen LogP contribution in [0, 0.1) is 17.8 Å². The van der Waals surface area contributed by atoms with Crippen molar-refractivity contribution in [2.24, 2.45) is 17.8 Å². The molecule has 0 radical (unpaired) electrons. The first-order chi connectivity index (χ1) is 8.58. The van der Waals surface area contributed by atoms with Crippen LogP contribution in [-0.2, 0) is 9.45 Å². The smallest absolute Gasteiger partial charge is 0.325 e. The highest BCUT2D eigenvalue weighted by Crippen LogP contribution is 2.37. The molecule has 1 aliphatic carbocycles. The fourth-order valence-corrected chi connectivity index (χ4v) is 2.68. The van der Waals surface area contributed by atoms with Crippen molar-refractivity contribution >= 4 is 14.0 Å². The van der Waals surface area contributed by atoms with Crippen LogP contribution in [0.4, 0.5) is 0 Å². The summed E-state index contributed by atoms with van der Waals surface area (Å²) < 4.78 is 4.94. The van der Waals surface area contributed by atoms with Gasteiger partial charge >= 0.3 is 8.05 Å². The fourth-order valence-electron chi connectivity index (χ4n) is 2.68. The van der Waals surface area contributed by atoms with E-state index in [1.54, 1.807) is 0 Å². The van der Waals surface area contributed by atoms with E-state index in [4.69, 9.17) is 4.65 Å². The van der Waals surface area contributed by atoms with E-state index in [1.165, 1.54) is 8.05 Å². The van der Waals surface area contributed by atoms with Gasteiger partial charge in [-0.3, -0.25) is 4.79 Å². The maximum Gasteiger partial charge on any atom is 0.325 e. The lowest BCUT2D eigenvalue weighted by atomic mass is 9.70. The van der Waals surface area contributed by atoms with Gasteiger partial charge in [-0.25, -0.2) is 0 Å². The summed E-state index contributed by atoms with van der Waals surface area (Å²) in [6.45, 7) is 7.70. The molecule has 0 amide bonds. The third-order valence-corrected chi connectivity index (χ3v) is 3.93. The Morgan fingerprint density at radius 2 is 2.11 bits per heavy atom. The minimum absolute atomic E-state index is 0.00393. The summed E-state index contributed by atoms with van der Waals surface area (Å²) in [6, 6.07) is 0.617. The number of hydrogen-bond donors (Lipinski definition) is 1. The predicted molar refractivity (Wildman–Crippen MR) is 77.0 cm³/mol. The normalized spacial score (nSPS) is 24.7. The van der Waals surface area contributed by atoms with E-state index in [1.807, 2.05) is 0 Å². The lowest BCUT2D eigenvalue weighted by Crippen LogP contribution is -2.46. The second-order valence-electron chi connectivity index (χ2n) is 6.00. The van der Waals surface area contributed by atoms with Crippen LogP contribution in [0.2, 0.25) is 0 Å². The number of nitrogens with one attached hydrogen (secondary N) is 1. The average Bonchev–Trinajstić information content (AvgIpc) is 2.29. The fraction of sp³-hybridized carbons (Fsp3) is 0.929. The second-order valence-corrected chi connectivity index (χ2v) is 6.00. The first kappa shape index (κ1) is 15.6. The summed E-state index contributed by atoms with van der Waals surface area (Å²) in [4.78, 5) is 11.8. The maximum absolute atomic E-state index is 11.8. The molecule has 1 saturated carbocycles. The SMILES string of the molecule is BOC(=O)C(CCCC)C1CC(NCC(C)C)C1.